The normalized spacial score (nSPS) is 14.6. The summed E-state index contributed by atoms with van der Waals surface area (Å²) >= 11 is 0. The second-order valence-electron chi connectivity index (χ2n) is 4.27. The molecule has 0 amide bonds. The molecular weight excluding hydrogens is 220 g/mol. The Morgan fingerprint density at radius 1 is 1.35 bits per heavy atom. The fourth-order valence-corrected chi connectivity index (χ4v) is 1.65. The summed E-state index contributed by atoms with van der Waals surface area (Å²) in [5.74, 6) is 0.267. The molecule has 0 bridgehead atoms. The van der Waals surface area contributed by atoms with Crippen molar-refractivity contribution in [3.05, 3.63) is 23.7 Å². The summed E-state index contributed by atoms with van der Waals surface area (Å²) in [5, 5.41) is 19.6. The third-order valence-electron chi connectivity index (χ3n) is 2.73. The number of unbranched alkanes of at least 4 members (excludes halogenated alkanes) is 2. The highest BCUT2D eigenvalue weighted by molar-refractivity contribution is 5.91. The first-order chi connectivity index (χ1) is 8.06. The standard InChI is InChI=1S/C13H20O4/c1-3-4-5-6-10(15)13(16)12-8-7-11(17-12)9(2)14/h7-8,10,13,15-16H,3-6H2,1-2H3/t10-,13+/m0/s1. The molecule has 0 aromatic carbocycles. The maximum absolute atomic E-state index is 11.0. The average molecular weight is 240 g/mol. The van der Waals surface area contributed by atoms with Crippen LogP contribution in [0.2, 0.25) is 0 Å². The largest absolute Gasteiger partial charge is 0.455 e. The van der Waals surface area contributed by atoms with Crippen LogP contribution in [0.25, 0.3) is 0 Å². The van der Waals surface area contributed by atoms with Crippen molar-refractivity contribution in [3.63, 3.8) is 0 Å². The van der Waals surface area contributed by atoms with Crippen LogP contribution in [0.3, 0.4) is 0 Å². The van der Waals surface area contributed by atoms with Crippen molar-refractivity contribution in [2.45, 2.75) is 51.7 Å². The van der Waals surface area contributed by atoms with Crippen LogP contribution in [0.1, 0.15) is 61.9 Å². The first-order valence-corrected chi connectivity index (χ1v) is 6.03. The van der Waals surface area contributed by atoms with Crippen LogP contribution >= 0.6 is 0 Å². The van der Waals surface area contributed by atoms with E-state index >= 15 is 0 Å². The number of furan rings is 1. The molecule has 0 fully saturated rings. The summed E-state index contributed by atoms with van der Waals surface area (Å²) < 4.78 is 5.17. The molecular formula is C13H20O4. The highest BCUT2D eigenvalue weighted by Crippen LogP contribution is 2.23. The van der Waals surface area contributed by atoms with E-state index in [9.17, 15) is 15.0 Å². The molecule has 0 aliphatic heterocycles. The number of rotatable bonds is 7. The highest BCUT2D eigenvalue weighted by atomic mass is 16.4. The first-order valence-electron chi connectivity index (χ1n) is 6.03. The van der Waals surface area contributed by atoms with Crippen molar-refractivity contribution in [1.29, 1.82) is 0 Å². The Morgan fingerprint density at radius 3 is 2.59 bits per heavy atom. The predicted molar refractivity (Wildman–Crippen MR) is 63.8 cm³/mol. The smallest absolute Gasteiger partial charge is 0.194 e. The Kier molecular flexibility index (Phi) is 5.38. The van der Waals surface area contributed by atoms with Crippen LogP contribution in [-0.4, -0.2) is 22.1 Å². The van der Waals surface area contributed by atoms with Crippen LogP contribution in [0.15, 0.2) is 16.5 Å². The van der Waals surface area contributed by atoms with Gasteiger partial charge in [0.05, 0.1) is 6.10 Å². The van der Waals surface area contributed by atoms with Gasteiger partial charge >= 0.3 is 0 Å². The van der Waals surface area contributed by atoms with Crippen molar-refractivity contribution >= 4 is 5.78 Å². The van der Waals surface area contributed by atoms with Gasteiger partial charge in [-0.1, -0.05) is 26.2 Å². The Morgan fingerprint density at radius 2 is 2.06 bits per heavy atom. The van der Waals surface area contributed by atoms with Gasteiger partial charge in [-0.05, 0) is 18.6 Å². The van der Waals surface area contributed by atoms with Crippen molar-refractivity contribution in [3.8, 4) is 0 Å². The maximum Gasteiger partial charge on any atom is 0.194 e. The molecule has 4 heteroatoms. The van der Waals surface area contributed by atoms with Crippen molar-refractivity contribution in [2.75, 3.05) is 0 Å². The number of ketones is 1. The molecule has 0 aliphatic carbocycles. The molecule has 4 nitrogen and oxygen atoms in total. The number of carbonyl (C=O) groups excluding carboxylic acids is 1. The molecule has 1 rings (SSSR count). The third-order valence-corrected chi connectivity index (χ3v) is 2.73. The zero-order valence-corrected chi connectivity index (χ0v) is 10.3. The van der Waals surface area contributed by atoms with Gasteiger partial charge in [-0.2, -0.15) is 0 Å². The molecule has 2 atom stereocenters. The van der Waals surface area contributed by atoms with E-state index in [4.69, 9.17) is 4.42 Å². The minimum absolute atomic E-state index is 0.191. The van der Waals surface area contributed by atoms with Crippen LogP contribution in [0.5, 0.6) is 0 Å². The van der Waals surface area contributed by atoms with Crippen LogP contribution in [0.4, 0.5) is 0 Å². The molecule has 17 heavy (non-hydrogen) atoms. The Balaban J connectivity index is 2.55. The summed E-state index contributed by atoms with van der Waals surface area (Å²) in [6.45, 7) is 3.47. The zero-order valence-electron chi connectivity index (χ0n) is 10.3. The molecule has 0 spiro atoms. The Hall–Kier alpha value is -1.13. The summed E-state index contributed by atoms with van der Waals surface area (Å²) in [7, 11) is 0. The number of hydrogen-bond donors (Lipinski definition) is 2. The van der Waals surface area contributed by atoms with Crippen LogP contribution in [-0.2, 0) is 0 Å². The van der Waals surface area contributed by atoms with Crippen LogP contribution in [0, 0.1) is 0 Å². The third kappa shape index (κ3) is 3.98. The summed E-state index contributed by atoms with van der Waals surface area (Å²) in [5.41, 5.74) is 0. The maximum atomic E-state index is 11.0. The Labute approximate surface area is 101 Å². The molecule has 2 N–H and O–H groups in total. The number of Topliss-reactive ketones (excluding diaryl/α,β-unsaturated/α-hetero) is 1. The number of aliphatic hydroxyl groups is 2. The van der Waals surface area contributed by atoms with E-state index in [1.807, 2.05) is 0 Å². The molecule has 1 heterocycles. The zero-order chi connectivity index (χ0) is 12.8. The number of hydrogen-bond acceptors (Lipinski definition) is 4. The topological polar surface area (TPSA) is 70.7 Å². The minimum atomic E-state index is -1.06. The fraction of sp³-hybridized carbons (Fsp3) is 0.615. The molecule has 1 aromatic rings. The SMILES string of the molecule is CCCCC[C@H](O)[C@@H](O)c1ccc(C(C)=O)o1. The lowest BCUT2D eigenvalue weighted by Crippen LogP contribution is -2.17. The van der Waals surface area contributed by atoms with Gasteiger partial charge in [0.1, 0.15) is 11.9 Å². The molecule has 0 aliphatic rings. The van der Waals surface area contributed by atoms with Crippen molar-refractivity contribution in [1.82, 2.24) is 0 Å². The lowest BCUT2D eigenvalue weighted by molar-refractivity contribution is -0.000720. The number of carbonyl (C=O) groups is 1. The molecule has 1 aromatic heterocycles. The molecule has 0 saturated carbocycles. The lowest BCUT2D eigenvalue weighted by atomic mass is 10.0. The molecule has 0 unspecified atom stereocenters. The molecule has 0 radical (unpaired) electrons. The minimum Gasteiger partial charge on any atom is -0.455 e. The van der Waals surface area contributed by atoms with Gasteiger partial charge < -0.3 is 14.6 Å². The number of aliphatic hydroxyl groups excluding tert-OH is 2. The van der Waals surface area contributed by atoms with Gasteiger partial charge in [-0.15, -0.1) is 0 Å². The van der Waals surface area contributed by atoms with Crippen molar-refractivity contribution in [2.24, 2.45) is 0 Å². The summed E-state index contributed by atoms with van der Waals surface area (Å²) in [6, 6.07) is 3.05. The van der Waals surface area contributed by atoms with Gasteiger partial charge in [0.15, 0.2) is 11.5 Å². The second-order valence-corrected chi connectivity index (χ2v) is 4.27. The lowest BCUT2D eigenvalue weighted by Gasteiger charge is -2.15. The van der Waals surface area contributed by atoms with E-state index in [1.54, 1.807) is 0 Å². The predicted octanol–water partition coefficient (Wildman–Crippen LogP) is 2.46. The molecule has 96 valence electrons. The van der Waals surface area contributed by atoms with E-state index < -0.39 is 12.2 Å². The van der Waals surface area contributed by atoms with E-state index in [0.717, 1.165) is 19.3 Å². The van der Waals surface area contributed by atoms with Gasteiger partial charge in [-0.3, -0.25) is 4.79 Å². The average Bonchev–Trinajstić information content (AvgIpc) is 2.77. The van der Waals surface area contributed by atoms with Crippen LogP contribution < -0.4 is 0 Å². The Bertz CT molecular complexity index is 356. The first kappa shape index (κ1) is 13.9. The van der Waals surface area contributed by atoms with Gasteiger partial charge in [0.25, 0.3) is 0 Å². The highest BCUT2D eigenvalue weighted by Gasteiger charge is 2.21. The van der Waals surface area contributed by atoms with Gasteiger partial charge in [0.2, 0.25) is 0 Å². The summed E-state index contributed by atoms with van der Waals surface area (Å²) in [4.78, 5) is 11.0. The van der Waals surface area contributed by atoms with E-state index in [-0.39, 0.29) is 17.3 Å². The molecule has 0 saturated heterocycles. The summed E-state index contributed by atoms with van der Waals surface area (Å²) in [6.07, 6.45) is 1.60. The second kappa shape index (κ2) is 6.57. The van der Waals surface area contributed by atoms with Crippen molar-refractivity contribution < 1.29 is 19.4 Å². The van der Waals surface area contributed by atoms with E-state index in [1.165, 1.54) is 19.1 Å². The quantitative estimate of drug-likeness (QED) is 0.567. The van der Waals surface area contributed by atoms with Gasteiger partial charge in [0, 0.05) is 6.92 Å². The monoisotopic (exact) mass is 240 g/mol. The van der Waals surface area contributed by atoms with E-state index in [0.29, 0.717) is 6.42 Å². The van der Waals surface area contributed by atoms with Gasteiger partial charge in [-0.25, -0.2) is 0 Å². The fourth-order valence-electron chi connectivity index (χ4n) is 1.65. The van der Waals surface area contributed by atoms with E-state index in [2.05, 4.69) is 6.92 Å².